The van der Waals surface area contributed by atoms with Crippen LogP contribution in [0.3, 0.4) is 0 Å². The molecule has 0 aliphatic carbocycles. The number of Topliss-reactive ketones (excluding diaryl/α,β-unsaturated/α-hetero) is 1. The van der Waals surface area contributed by atoms with Gasteiger partial charge in [-0.05, 0) is 31.9 Å². The lowest BCUT2D eigenvalue weighted by Gasteiger charge is -2.13. The second kappa shape index (κ2) is 4.79. The molecule has 86 valence electrons. The van der Waals surface area contributed by atoms with Gasteiger partial charge in [0.1, 0.15) is 0 Å². The Morgan fingerprint density at radius 2 is 2.06 bits per heavy atom. The number of nitrogens with one attached hydrogen (secondary N) is 1. The molecule has 1 aromatic rings. The van der Waals surface area contributed by atoms with Gasteiger partial charge in [-0.1, -0.05) is 31.2 Å². The van der Waals surface area contributed by atoms with E-state index < -0.39 is 0 Å². The highest BCUT2D eigenvalue weighted by molar-refractivity contribution is 5.98. The van der Waals surface area contributed by atoms with Gasteiger partial charge in [0, 0.05) is 17.5 Å². The summed E-state index contributed by atoms with van der Waals surface area (Å²) in [7, 11) is 0. The van der Waals surface area contributed by atoms with E-state index >= 15 is 0 Å². The summed E-state index contributed by atoms with van der Waals surface area (Å²) in [5.74, 6) is 0.452. The summed E-state index contributed by atoms with van der Waals surface area (Å²) in [6.45, 7) is 5.18. The third kappa shape index (κ3) is 2.17. The minimum atomic E-state index is 0.160. The summed E-state index contributed by atoms with van der Waals surface area (Å²) in [6, 6.07) is 8.36. The molecular weight excluding hydrogens is 198 g/mol. The van der Waals surface area contributed by atoms with Crippen molar-refractivity contribution in [3.8, 4) is 0 Å². The second-order valence-corrected chi connectivity index (χ2v) is 4.55. The molecule has 2 nitrogen and oxygen atoms in total. The molecule has 1 N–H and O–H groups in total. The number of ketones is 1. The smallest absolute Gasteiger partial charge is 0.167 e. The van der Waals surface area contributed by atoms with Crippen LogP contribution < -0.4 is 5.32 Å². The maximum atomic E-state index is 12.2. The maximum absolute atomic E-state index is 12.2. The van der Waals surface area contributed by atoms with Gasteiger partial charge in [0.05, 0.1) is 0 Å². The molecule has 0 aromatic heterocycles. The van der Waals surface area contributed by atoms with Gasteiger partial charge in [-0.3, -0.25) is 4.79 Å². The topological polar surface area (TPSA) is 29.1 Å². The molecule has 0 bridgehead atoms. The van der Waals surface area contributed by atoms with Crippen LogP contribution in [0.25, 0.3) is 0 Å². The van der Waals surface area contributed by atoms with E-state index in [4.69, 9.17) is 0 Å². The zero-order valence-electron chi connectivity index (χ0n) is 9.99. The van der Waals surface area contributed by atoms with Gasteiger partial charge in [-0.2, -0.15) is 0 Å². The van der Waals surface area contributed by atoms with E-state index in [0.29, 0.717) is 11.8 Å². The van der Waals surface area contributed by atoms with Crippen LogP contribution in [0.1, 0.15) is 36.2 Å². The predicted molar refractivity (Wildman–Crippen MR) is 65.7 cm³/mol. The zero-order valence-corrected chi connectivity index (χ0v) is 9.99. The number of carbonyl (C=O) groups excluding carboxylic acids is 1. The third-order valence-corrected chi connectivity index (χ3v) is 3.51. The van der Waals surface area contributed by atoms with Crippen molar-refractivity contribution in [2.24, 2.45) is 5.92 Å². The first-order valence-electron chi connectivity index (χ1n) is 6.09. The predicted octanol–water partition coefficient (Wildman–Crippen LogP) is 2.43. The van der Waals surface area contributed by atoms with E-state index in [9.17, 15) is 4.79 Å². The van der Waals surface area contributed by atoms with Crippen molar-refractivity contribution < 1.29 is 4.79 Å². The zero-order chi connectivity index (χ0) is 11.5. The Morgan fingerprint density at radius 1 is 1.38 bits per heavy atom. The molecule has 1 aliphatic heterocycles. The SMILES string of the molecule is CCc1ccc(C(=O)C2CCNC2C)cc1. The summed E-state index contributed by atoms with van der Waals surface area (Å²) in [6.07, 6.45) is 1.99. The van der Waals surface area contributed by atoms with Gasteiger partial charge >= 0.3 is 0 Å². The number of rotatable bonds is 3. The van der Waals surface area contributed by atoms with Gasteiger partial charge < -0.3 is 5.32 Å². The van der Waals surface area contributed by atoms with Crippen molar-refractivity contribution in [1.82, 2.24) is 5.32 Å². The highest BCUT2D eigenvalue weighted by atomic mass is 16.1. The lowest BCUT2D eigenvalue weighted by atomic mass is 9.91. The van der Waals surface area contributed by atoms with E-state index in [2.05, 4.69) is 31.3 Å². The quantitative estimate of drug-likeness (QED) is 0.788. The van der Waals surface area contributed by atoms with Crippen LogP contribution in [-0.4, -0.2) is 18.4 Å². The summed E-state index contributed by atoms with van der Waals surface area (Å²) >= 11 is 0. The molecule has 2 atom stereocenters. The van der Waals surface area contributed by atoms with Crippen molar-refractivity contribution in [3.63, 3.8) is 0 Å². The fourth-order valence-electron chi connectivity index (χ4n) is 2.34. The largest absolute Gasteiger partial charge is 0.313 e. The molecule has 0 amide bonds. The standard InChI is InChI=1S/C14H19NO/c1-3-11-4-6-12(7-5-11)14(16)13-8-9-15-10(13)2/h4-7,10,13,15H,3,8-9H2,1-2H3. The van der Waals surface area contributed by atoms with Crippen LogP contribution in [0.2, 0.25) is 0 Å². The number of aryl methyl sites for hydroxylation is 1. The average Bonchev–Trinajstić information content (AvgIpc) is 2.75. The summed E-state index contributed by atoms with van der Waals surface area (Å²) in [5, 5.41) is 3.32. The first kappa shape index (κ1) is 11.3. The molecule has 0 radical (unpaired) electrons. The van der Waals surface area contributed by atoms with E-state index in [0.717, 1.165) is 24.9 Å². The highest BCUT2D eigenvalue weighted by Gasteiger charge is 2.29. The highest BCUT2D eigenvalue weighted by Crippen LogP contribution is 2.20. The summed E-state index contributed by atoms with van der Waals surface area (Å²) < 4.78 is 0. The molecule has 2 unspecified atom stereocenters. The average molecular weight is 217 g/mol. The Balaban J connectivity index is 2.14. The summed E-state index contributed by atoms with van der Waals surface area (Å²) in [5.41, 5.74) is 2.15. The van der Waals surface area contributed by atoms with Gasteiger partial charge in [0.2, 0.25) is 0 Å². The van der Waals surface area contributed by atoms with E-state index in [1.54, 1.807) is 0 Å². The third-order valence-electron chi connectivity index (χ3n) is 3.51. The van der Waals surface area contributed by atoms with Crippen molar-refractivity contribution in [1.29, 1.82) is 0 Å². The first-order valence-corrected chi connectivity index (χ1v) is 6.09. The van der Waals surface area contributed by atoms with Crippen LogP contribution in [0, 0.1) is 5.92 Å². The molecule has 0 saturated carbocycles. The Hall–Kier alpha value is -1.15. The van der Waals surface area contributed by atoms with E-state index in [-0.39, 0.29) is 5.92 Å². The van der Waals surface area contributed by atoms with Crippen LogP contribution in [0.15, 0.2) is 24.3 Å². The molecular formula is C14H19NO. The maximum Gasteiger partial charge on any atom is 0.167 e. The van der Waals surface area contributed by atoms with Crippen molar-refractivity contribution in [3.05, 3.63) is 35.4 Å². The van der Waals surface area contributed by atoms with Gasteiger partial charge in [0.15, 0.2) is 5.78 Å². The number of hydrogen-bond donors (Lipinski definition) is 1. The lowest BCUT2D eigenvalue weighted by molar-refractivity contribution is 0.0914. The molecule has 1 saturated heterocycles. The van der Waals surface area contributed by atoms with Crippen molar-refractivity contribution >= 4 is 5.78 Å². The Bertz CT molecular complexity index is 369. The molecule has 1 aliphatic rings. The first-order chi connectivity index (χ1) is 7.72. The van der Waals surface area contributed by atoms with Crippen LogP contribution in [0.4, 0.5) is 0 Å². The van der Waals surface area contributed by atoms with Gasteiger partial charge in [0.25, 0.3) is 0 Å². The molecule has 1 aromatic carbocycles. The molecule has 1 heterocycles. The number of hydrogen-bond acceptors (Lipinski definition) is 2. The Morgan fingerprint density at radius 3 is 2.56 bits per heavy atom. The normalized spacial score (nSPS) is 24.6. The van der Waals surface area contributed by atoms with Gasteiger partial charge in [-0.15, -0.1) is 0 Å². The van der Waals surface area contributed by atoms with Crippen molar-refractivity contribution in [2.75, 3.05) is 6.54 Å². The summed E-state index contributed by atoms with van der Waals surface area (Å²) in [4.78, 5) is 12.2. The number of carbonyl (C=O) groups is 1. The fourth-order valence-corrected chi connectivity index (χ4v) is 2.34. The van der Waals surface area contributed by atoms with Crippen LogP contribution in [-0.2, 0) is 6.42 Å². The molecule has 1 fully saturated rings. The Kier molecular flexibility index (Phi) is 3.39. The minimum absolute atomic E-state index is 0.160. The van der Waals surface area contributed by atoms with Crippen molar-refractivity contribution in [2.45, 2.75) is 32.7 Å². The number of benzene rings is 1. The van der Waals surface area contributed by atoms with E-state index in [1.807, 2.05) is 12.1 Å². The van der Waals surface area contributed by atoms with Crippen LogP contribution >= 0.6 is 0 Å². The monoisotopic (exact) mass is 217 g/mol. The van der Waals surface area contributed by atoms with Crippen LogP contribution in [0.5, 0.6) is 0 Å². The van der Waals surface area contributed by atoms with Gasteiger partial charge in [-0.25, -0.2) is 0 Å². The molecule has 16 heavy (non-hydrogen) atoms. The lowest BCUT2D eigenvalue weighted by Crippen LogP contribution is -2.28. The minimum Gasteiger partial charge on any atom is -0.313 e. The Labute approximate surface area is 97.1 Å². The molecule has 2 heteroatoms. The fraction of sp³-hybridized carbons (Fsp3) is 0.500. The van der Waals surface area contributed by atoms with E-state index in [1.165, 1.54) is 5.56 Å². The molecule has 2 rings (SSSR count). The molecule has 0 spiro atoms. The second-order valence-electron chi connectivity index (χ2n) is 4.55.